The number of carbonyl (C=O) groups excluding carboxylic acids is 1. The second-order valence-corrected chi connectivity index (χ2v) is 4.11. The van der Waals surface area contributed by atoms with Crippen molar-refractivity contribution < 1.29 is 22.4 Å². The Labute approximate surface area is 84.3 Å². The molecule has 0 amide bonds. The molecule has 0 bridgehead atoms. The number of hydrogen-bond donors (Lipinski definition) is 0. The van der Waals surface area contributed by atoms with Crippen LogP contribution in [-0.4, -0.2) is 10.8 Å². The molecule has 0 radical (unpaired) electrons. The number of oxazole rings is 1. The Hall–Kier alpha value is -1.33. The van der Waals surface area contributed by atoms with Gasteiger partial charge in [0.1, 0.15) is 0 Å². The number of aromatic nitrogens is 1. The van der Waals surface area contributed by atoms with E-state index in [9.17, 15) is 18.0 Å². The van der Waals surface area contributed by atoms with Crippen LogP contribution in [-0.2, 0) is 6.18 Å². The summed E-state index contributed by atoms with van der Waals surface area (Å²) in [5.41, 5.74) is -0.812. The topological polar surface area (TPSA) is 43.1 Å². The molecule has 6 heteroatoms. The smallest absolute Gasteiger partial charge is 0.429 e. The number of nitrogens with zero attached hydrogens (tertiary/aromatic N) is 1. The van der Waals surface area contributed by atoms with Crippen molar-refractivity contribution in [2.45, 2.75) is 26.9 Å². The number of halogens is 3. The van der Waals surface area contributed by atoms with Crippen LogP contribution in [0, 0.1) is 5.41 Å². The third-order valence-corrected chi connectivity index (χ3v) is 1.66. The molecule has 0 N–H and O–H groups in total. The van der Waals surface area contributed by atoms with Crippen LogP contribution in [0.1, 0.15) is 37.2 Å². The molecule has 0 unspecified atom stereocenters. The number of alkyl halides is 3. The van der Waals surface area contributed by atoms with Crippen molar-refractivity contribution in [3.63, 3.8) is 0 Å². The molecule has 0 saturated carbocycles. The van der Waals surface area contributed by atoms with Gasteiger partial charge in [0.25, 0.3) is 5.89 Å². The molecule has 0 aliphatic rings. The molecule has 1 rings (SSSR count). The van der Waals surface area contributed by atoms with Crippen molar-refractivity contribution in [3.8, 4) is 0 Å². The monoisotopic (exact) mass is 221 g/mol. The lowest BCUT2D eigenvalue weighted by molar-refractivity contribution is -0.153. The molecule has 1 heterocycles. The summed E-state index contributed by atoms with van der Waals surface area (Å²) in [7, 11) is 0. The van der Waals surface area contributed by atoms with Crippen LogP contribution in [0.5, 0.6) is 0 Å². The Bertz CT molecular complexity index is 373. The first-order valence-electron chi connectivity index (χ1n) is 4.20. The minimum Gasteiger partial charge on any atom is -0.429 e. The highest BCUT2D eigenvalue weighted by Crippen LogP contribution is 2.30. The Balaban J connectivity index is 3.01. The second-order valence-electron chi connectivity index (χ2n) is 4.11. The van der Waals surface area contributed by atoms with Gasteiger partial charge in [-0.15, -0.1) is 0 Å². The Morgan fingerprint density at radius 1 is 1.33 bits per heavy atom. The third kappa shape index (κ3) is 2.57. The van der Waals surface area contributed by atoms with Gasteiger partial charge < -0.3 is 4.42 Å². The Morgan fingerprint density at radius 3 is 2.20 bits per heavy atom. The van der Waals surface area contributed by atoms with E-state index in [1.807, 2.05) is 0 Å². The molecule has 1 aromatic heterocycles. The Kier molecular flexibility index (Phi) is 2.63. The summed E-state index contributed by atoms with van der Waals surface area (Å²) in [6.07, 6.45) is -4.09. The first kappa shape index (κ1) is 11.7. The number of ketones is 1. The van der Waals surface area contributed by atoms with Gasteiger partial charge >= 0.3 is 6.18 Å². The van der Waals surface area contributed by atoms with Crippen molar-refractivity contribution in [3.05, 3.63) is 17.8 Å². The lowest BCUT2D eigenvalue weighted by Crippen LogP contribution is -2.20. The van der Waals surface area contributed by atoms with Gasteiger partial charge in [0, 0.05) is 5.41 Å². The predicted molar refractivity (Wildman–Crippen MR) is 45.3 cm³/mol. The quantitative estimate of drug-likeness (QED) is 0.685. The maximum atomic E-state index is 12.1. The molecule has 84 valence electrons. The fraction of sp³-hybridized carbons (Fsp3) is 0.556. The minimum atomic E-state index is -4.61. The van der Waals surface area contributed by atoms with Crippen LogP contribution < -0.4 is 0 Å². The Morgan fingerprint density at radius 2 is 1.87 bits per heavy atom. The van der Waals surface area contributed by atoms with Crippen LogP contribution in [0.25, 0.3) is 0 Å². The fourth-order valence-corrected chi connectivity index (χ4v) is 0.831. The van der Waals surface area contributed by atoms with Gasteiger partial charge in [0.15, 0.2) is 0 Å². The van der Waals surface area contributed by atoms with Crippen molar-refractivity contribution >= 4 is 5.78 Å². The largest absolute Gasteiger partial charge is 0.451 e. The van der Waals surface area contributed by atoms with Gasteiger partial charge in [-0.3, -0.25) is 4.79 Å². The zero-order valence-corrected chi connectivity index (χ0v) is 8.47. The van der Waals surface area contributed by atoms with Gasteiger partial charge in [-0.1, -0.05) is 20.8 Å². The summed E-state index contributed by atoms with van der Waals surface area (Å²) in [6, 6.07) is 0. The molecule has 0 atom stereocenters. The maximum Gasteiger partial charge on any atom is 0.451 e. The van der Waals surface area contributed by atoms with Gasteiger partial charge in [0.05, 0.1) is 6.20 Å². The summed E-state index contributed by atoms with van der Waals surface area (Å²) in [5.74, 6) is -2.32. The third-order valence-electron chi connectivity index (χ3n) is 1.66. The number of hydrogen-bond acceptors (Lipinski definition) is 3. The lowest BCUT2D eigenvalue weighted by Gasteiger charge is -2.13. The van der Waals surface area contributed by atoms with E-state index in [-0.39, 0.29) is 0 Å². The van der Waals surface area contributed by atoms with Gasteiger partial charge in [-0.2, -0.15) is 13.2 Å². The highest BCUT2D eigenvalue weighted by Gasteiger charge is 2.37. The van der Waals surface area contributed by atoms with E-state index in [0.717, 1.165) is 0 Å². The molecule has 0 saturated heterocycles. The number of carbonyl (C=O) groups is 1. The standard InChI is InChI=1S/C9H10F3NO2/c1-8(2,3)6(14)7-13-4-5(15-7)9(10,11)12/h4H,1-3H3. The van der Waals surface area contributed by atoms with E-state index in [1.54, 1.807) is 20.8 Å². The summed E-state index contributed by atoms with van der Waals surface area (Å²) in [5, 5.41) is 0. The molecule has 3 nitrogen and oxygen atoms in total. The molecular formula is C9H10F3NO2. The second kappa shape index (κ2) is 3.36. The fourth-order valence-electron chi connectivity index (χ4n) is 0.831. The lowest BCUT2D eigenvalue weighted by atomic mass is 9.91. The van der Waals surface area contributed by atoms with Crippen molar-refractivity contribution in [1.29, 1.82) is 0 Å². The summed E-state index contributed by atoms with van der Waals surface area (Å²) < 4.78 is 40.7. The zero-order valence-electron chi connectivity index (χ0n) is 8.47. The van der Waals surface area contributed by atoms with E-state index >= 15 is 0 Å². The molecule has 0 aromatic carbocycles. The number of rotatable bonds is 1. The van der Waals surface area contributed by atoms with E-state index in [0.29, 0.717) is 6.20 Å². The van der Waals surface area contributed by atoms with Gasteiger partial charge in [-0.25, -0.2) is 4.98 Å². The van der Waals surface area contributed by atoms with Crippen LogP contribution in [0.3, 0.4) is 0 Å². The average Bonchev–Trinajstić information content (AvgIpc) is 2.47. The number of Topliss-reactive ketones (excluding diaryl/α,β-unsaturated/α-hetero) is 1. The van der Waals surface area contributed by atoms with E-state index in [2.05, 4.69) is 9.40 Å². The molecule has 1 aromatic rings. The summed E-state index contributed by atoms with van der Waals surface area (Å²) >= 11 is 0. The van der Waals surface area contributed by atoms with E-state index in [4.69, 9.17) is 0 Å². The predicted octanol–water partition coefficient (Wildman–Crippen LogP) is 2.92. The van der Waals surface area contributed by atoms with Crippen molar-refractivity contribution in [2.24, 2.45) is 5.41 Å². The van der Waals surface area contributed by atoms with Gasteiger partial charge in [0.2, 0.25) is 11.5 Å². The molecule has 0 fully saturated rings. The van der Waals surface area contributed by atoms with Crippen LogP contribution >= 0.6 is 0 Å². The molecule has 0 spiro atoms. The highest BCUT2D eigenvalue weighted by molar-refractivity contribution is 5.95. The SMILES string of the molecule is CC(C)(C)C(=O)c1ncc(C(F)(F)F)o1. The highest BCUT2D eigenvalue weighted by atomic mass is 19.4. The summed E-state index contributed by atoms with van der Waals surface area (Å²) in [4.78, 5) is 14.8. The van der Waals surface area contributed by atoms with Crippen LogP contribution in [0.15, 0.2) is 10.6 Å². The molecule has 0 aliphatic carbocycles. The van der Waals surface area contributed by atoms with Crippen LogP contribution in [0.2, 0.25) is 0 Å². The minimum absolute atomic E-state index is 0.505. The average molecular weight is 221 g/mol. The molecule has 15 heavy (non-hydrogen) atoms. The first-order chi connectivity index (χ1) is 6.62. The first-order valence-corrected chi connectivity index (χ1v) is 4.20. The van der Waals surface area contributed by atoms with Crippen molar-refractivity contribution in [2.75, 3.05) is 0 Å². The van der Waals surface area contributed by atoms with Crippen LogP contribution in [0.4, 0.5) is 13.2 Å². The van der Waals surface area contributed by atoms with Gasteiger partial charge in [-0.05, 0) is 0 Å². The van der Waals surface area contributed by atoms with E-state index in [1.165, 1.54) is 0 Å². The maximum absolute atomic E-state index is 12.1. The normalized spacial score (nSPS) is 12.9. The summed E-state index contributed by atoms with van der Waals surface area (Å²) in [6.45, 7) is 4.73. The van der Waals surface area contributed by atoms with E-state index < -0.39 is 29.0 Å². The van der Waals surface area contributed by atoms with Crippen molar-refractivity contribution in [1.82, 2.24) is 4.98 Å². The molecule has 0 aliphatic heterocycles. The zero-order chi connectivity index (χ0) is 11.9. The molecular weight excluding hydrogens is 211 g/mol.